The molecule has 11 nitrogen and oxygen atoms in total. The first-order chi connectivity index (χ1) is 17.5. The van der Waals surface area contributed by atoms with Crippen LogP contribution in [0.2, 0.25) is 0 Å². The summed E-state index contributed by atoms with van der Waals surface area (Å²) in [6, 6.07) is 9.65. The van der Waals surface area contributed by atoms with E-state index in [4.69, 9.17) is 14.2 Å². The van der Waals surface area contributed by atoms with Crippen LogP contribution >= 0.6 is 0 Å². The minimum absolute atomic E-state index is 0.103. The maximum Gasteiger partial charge on any atom is 0.243 e. The molecule has 2 aromatic rings. The van der Waals surface area contributed by atoms with Crippen molar-refractivity contribution >= 4 is 31.6 Å². The highest BCUT2D eigenvalue weighted by molar-refractivity contribution is 7.92. The molecule has 0 bridgehead atoms. The van der Waals surface area contributed by atoms with Crippen LogP contribution < -0.4 is 23.8 Å². The third-order valence-electron chi connectivity index (χ3n) is 5.91. The number of ether oxygens (including phenoxy) is 3. The fourth-order valence-corrected chi connectivity index (χ4v) is 6.73. The number of nitrogens with one attached hydrogen (secondary N) is 1. The molecule has 13 heteroatoms. The van der Waals surface area contributed by atoms with E-state index in [1.807, 2.05) is 0 Å². The number of hydrogen-bond acceptors (Lipinski definition) is 8. The van der Waals surface area contributed by atoms with Crippen molar-refractivity contribution in [1.29, 1.82) is 0 Å². The number of nitrogens with zero attached hydrogens (tertiary/aromatic N) is 2. The molecule has 1 heterocycles. The van der Waals surface area contributed by atoms with Crippen molar-refractivity contribution in [2.75, 3.05) is 51.0 Å². The van der Waals surface area contributed by atoms with Gasteiger partial charge in [-0.3, -0.25) is 9.10 Å². The molecule has 3 rings (SSSR count). The van der Waals surface area contributed by atoms with Crippen LogP contribution in [0, 0.1) is 0 Å². The first kappa shape index (κ1) is 28.5. The van der Waals surface area contributed by atoms with E-state index in [9.17, 15) is 21.6 Å². The second-order valence-electron chi connectivity index (χ2n) is 8.50. The molecule has 0 aliphatic carbocycles. The van der Waals surface area contributed by atoms with Crippen molar-refractivity contribution in [2.24, 2.45) is 0 Å². The third-order valence-corrected chi connectivity index (χ3v) is 9.06. The van der Waals surface area contributed by atoms with Gasteiger partial charge in [0.1, 0.15) is 18.4 Å². The van der Waals surface area contributed by atoms with Crippen LogP contribution in [-0.4, -0.2) is 79.8 Å². The predicted molar refractivity (Wildman–Crippen MR) is 139 cm³/mol. The molecule has 2 aromatic carbocycles. The van der Waals surface area contributed by atoms with Gasteiger partial charge in [-0.05, 0) is 56.2 Å². The van der Waals surface area contributed by atoms with Gasteiger partial charge in [0, 0.05) is 19.2 Å². The lowest BCUT2D eigenvalue weighted by Crippen LogP contribution is -2.48. The third kappa shape index (κ3) is 6.84. The molecule has 1 N–H and O–H groups in total. The zero-order valence-electron chi connectivity index (χ0n) is 21.3. The van der Waals surface area contributed by atoms with Crippen LogP contribution in [0.1, 0.15) is 19.8 Å². The number of benzene rings is 2. The van der Waals surface area contributed by atoms with E-state index < -0.39 is 32.0 Å². The van der Waals surface area contributed by atoms with Gasteiger partial charge in [-0.25, -0.2) is 16.8 Å². The highest BCUT2D eigenvalue weighted by Crippen LogP contribution is 2.33. The molecule has 0 unspecified atom stereocenters. The van der Waals surface area contributed by atoms with Crippen LogP contribution in [-0.2, 0) is 24.8 Å². The summed E-state index contributed by atoms with van der Waals surface area (Å²) in [4.78, 5) is 13.0. The van der Waals surface area contributed by atoms with E-state index in [2.05, 4.69) is 5.32 Å². The molecule has 0 spiro atoms. The number of rotatable bonds is 12. The monoisotopic (exact) mass is 555 g/mol. The Morgan fingerprint density at radius 3 is 2.19 bits per heavy atom. The van der Waals surface area contributed by atoms with Crippen LogP contribution in [0.3, 0.4) is 0 Å². The maximum absolute atomic E-state index is 12.8. The predicted octanol–water partition coefficient (Wildman–Crippen LogP) is 1.84. The molecule has 204 valence electrons. The van der Waals surface area contributed by atoms with Gasteiger partial charge in [-0.15, -0.1) is 0 Å². The second kappa shape index (κ2) is 12.0. The normalized spacial score (nSPS) is 15.1. The number of sulfonamides is 2. The Hall–Kier alpha value is -3.03. The molecule has 0 saturated carbocycles. The Balaban J connectivity index is 1.58. The second-order valence-corrected chi connectivity index (χ2v) is 12.3. The summed E-state index contributed by atoms with van der Waals surface area (Å²) in [7, 11) is -4.41. The summed E-state index contributed by atoms with van der Waals surface area (Å²) in [6.45, 7) is 2.75. The molecule has 37 heavy (non-hydrogen) atoms. The SMILES string of the molecule is COc1ccc(N([C@@H](C)C(=O)NCCOc2ccc(S(=O)(=O)N3CCCC3)cc2)S(C)(=O)=O)cc1OC. The average molecular weight is 556 g/mol. The van der Waals surface area contributed by atoms with Gasteiger partial charge in [0.15, 0.2) is 11.5 Å². The van der Waals surface area contributed by atoms with Gasteiger partial charge in [-0.2, -0.15) is 4.31 Å². The molecule has 0 radical (unpaired) electrons. The smallest absolute Gasteiger partial charge is 0.243 e. The lowest BCUT2D eigenvalue weighted by atomic mass is 10.2. The number of carbonyl (C=O) groups excluding carboxylic acids is 1. The van der Waals surface area contributed by atoms with Crippen LogP contribution in [0.15, 0.2) is 47.4 Å². The Bertz CT molecular complexity index is 1290. The fraction of sp³-hybridized carbons (Fsp3) is 0.458. The summed E-state index contributed by atoms with van der Waals surface area (Å²) in [5, 5.41) is 2.67. The van der Waals surface area contributed by atoms with Gasteiger partial charge in [0.05, 0.1) is 37.6 Å². The summed E-state index contributed by atoms with van der Waals surface area (Å²) in [6.07, 6.45) is 2.74. The topological polar surface area (TPSA) is 132 Å². The maximum atomic E-state index is 12.8. The van der Waals surface area contributed by atoms with E-state index in [0.29, 0.717) is 30.3 Å². The Kier molecular flexibility index (Phi) is 9.26. The molecular formula is C24H33N3O8S2. The first-order valence-corrected chi connectivity index (χ1v) is 15.0. The largest absolute Gasteiger partial charge is 0.493 e. The van der Waals surface area contributed by atoms with E-state index in [-0.39, 0.29) is 23.7 Å². The Labute approximate surface area is 218 Å². The zero-order chi connectivity index (χ0) is 27.2. The molecular weight excluding hydrogens is 522 g/mol. The molecule has 1 saturated heterocycles. The molecule has 0 aromatic heterocycles. The van der Waals surface area contributed by atoms with Gasteiger partial charge >= 0.3 is 0 Å². The number of anilines is 1. The highest BCUT2D eigenvalue weighted by Gasteiger charge is 2.30. The Morgan fingerprint density at radius 2 is 1.62 bits per heavy atom. The molecule has 1 fully saturated rings. The molecule has 1 atom stereocenters. The Morgan fingerprint density at radius 1 is 1.00 bits per heavy atom. The van der Waals surface area contributed by atoms with Crippen molar-refractivity contribution in [2.45, 2.75) is 30.7 Å². The van der Waals surface area contributed by atoms with Crippen molar-refractivity contribution in [1.82, 2.24) is 9.62 Å². The molecule has 1 aliphatic heterocycles. The van der Waals surface area contributed by atoms with Crippen LogP contribution in [0.4, 0.5) is 5.69 Å². The minimum Gasteiger partial charge on any atom is -0.493 e. The number of hydrogen-bond donors (Lipinski definition) is 1. The van der Waals surface area contributed by atoms with Crippen LogP contribution in [0.5, 0.6) is 17.2 Å². The first-order valence-electron chi connectivity index (χ1n) is 11.7. The quantitative estimate of drug-likeness (QED) is 0.393. The molecule has 1 aliphatic rings. The van der Waals surface area contributed by atoms with E-state index >= 15 is 0 Å². The van der Waals surface area contributed by atoms with Crippen molar-refractivity contribution in [3.8, 4) is 17.2 Å². The van der Waals surface area contributed by atoms with Crippen molar-refractivity contribution in [3.63, 3.8) is 0 Å². The standard InChI is InChI=1S/C24H33N3O8S2/c1-18(27(36(4,29)30)19-7-12-22(33-2)23(17-19)34-3)24(28)25-13-16-35-20-8-10-21(11-9-20)37(31,32)26-14-5-6-15-26/h7-12,17-18H,5-6,13-16H2,1-4H3,(H,25,28)/t18-/m0/s1. The van der Waals surface area contributed by atoms with E-state index in [1.54, 1.807) is 18.2 Å². The van der Waals surface area contributed by atoms with Gasteiger partial charge in [0.2, 0.25) is 26.0 Å². The van der Waals surface area contributed by atoms with E-state index in [0.717, 1.165) is 23.4 Å². The fourth-order valence-electron chi connectivity index (χ4n) is 4.05. The summed E-state index contributed by atoms with van der Waals surface area (Å²) in [5.41, 5.74) is 0.253. The summed E-state index contributed by atoms with van der Waals surface area (Å²) in [5.74, 6) is 0.686. The zero-order valence-corrected chi connectivity index (χ0v) is 23.0. The summed E-state index contributed by atoms with van der Waals surface area (Å²) >= 11 is 0. The number of methoxy groups -OCH3 is 2. The summed E-state index contributed by atoms with van der Waals surface area (Å²) < 4.78 is 68.8. The average Bonchev–Trinajstić information content (AvgIpc) is 3.42. The van der Waals surface area contributed by atoms with Gasteiger partial charge in [0.25, 0.3) is 0 Å². The molecule has 1 amide bonds. The van der Waals surface area contributed by atoms with Gasteiger partial charge in [-0.1, -0.05) is 0 Å². The van der Waals surface area contributed by atoms with Crippen molar-refractivity contribution < 1.29 is 35.8 Å². The minimum atomic E-state index is -3.81. The number of carbonyl (C=O) groups is 1. The van der Waals surface area contributed by atoms with Crippen molar-refractivity contribution in [3.05, 3.63) is 42.5 Å². The van der Waals surface area contributed by atoms with Gasteiger partial charge < -0.3 is 19.5 Å². The van der Waals surface area contributed by atoms with Crippen LogP contribution in [0.25, 0.3) is 0 Å². The van der Waals surface area contributed by atoms with E-state index in [1.165, 1.54) is 49.7 Å². The number of amides is 1. The highest BCUT2D eigenvalue weighted by atomic mass is 32.2. The lowest BCUT2D eigenvalue weighted by molar-refractivity contribution is -0.121. The lowest BCUT2D eigenvalue weighted by Gasteiger charge is -2.28.